The van der Waals surface area contributed by atoms with Crippen LogP contribution in [0.25, 0.3) is 0 Å². The van der Waals surface area contributed by atoms with Gasteiger partial charge in [0.2, 0.25) is 0 Å². The van der Waals surface area contributed by atoms with Gasteiger partial charge < -0.3 is 19.5 Å². The van der Waals surface area contributed by atoms with Crippen LogP contribution in [0.1, 0.15) is 39.2 Å². The Morgan fingerprint density at radius 1 is 1.23 bits per heavy atom. The van der Waals surface area contributed by atoms with Crippen molar-refractivity contribution < 1.29 is 32.6 Å². The summed E-state index contributed by atoms with van der Waals surface area (Å²) in [4.78, 5) is 38.7. The number of nitrogens with one attached hydrogen (secondary N) is 2. The van der Waals surface area contributed by atoms with Gasteiger partial charge in [-0.05, 0) is 25.5 Å². The highest BCUT2D eigenvalue weighted by molar-refractivity contribution is 7.10. The van der Waals surface area contributed by atoms with E-state index < -0.39 is 18.1 Å². The molecule has 10 nitrogen and oxygen atoms in total. The summed E-state index contributed by atoms with van der Waals surface area (Å²) < 4.78 is 40.9. The summed E-state index contributed by atoms with van der Waals surface area (Å²) in [5.74, 6) is -1.20. The molecule has 1 saturated heterocycles. The molecule has 204 valence electrons. The number of halogens is 3. The molecule has 2 aliphatic rings. The fourth-order valence-corrected chi connectivity index (χ4v) is 5.54. The van der Waals surface area contributed by atoms with Gasteiger partial charge in [0, 0.05) is 22.9 Å². The molecule has 0 radical (unpaired) electrons. The number of amides is 2. The van der Waals surface area contributed by atoms with Crippen LogP contribution >= 0.6 is 22.9 Å². The first kappa shape index (κ1) is 26.9. The van der Waals surface area contributed by atoms with Gasteiger partial charge in [-0.15, -0.1) is 11.3 Å². The van der Waals surface area contributed by atoms with E-state index in [1.807, 2.05) is 13.0 Å². The largest absolute Gasteiger partial charge is 0.465 e. The maximum atomic E-state index is 12.8. The van der Waals surface area contributed by atoms with Crippen LogP contribution in [-0.2, 0) is 15.0 Å². The third kappa shape index (κ3) is 5.84. The number of nitrogens with zero attached hydrogens (tertiary/aromatic N) is 3. The predicted octanol–water partition coefficient (Wildman–Crippen LogP) is 4.48. The fourth-order valence-electron chi connectivity index (χ4n) is 4.34. The molecule has 0 aliphatic carbocycles. The summed E-state index contributed by atoms with van der Waals surface area (Å²) >= 11 is 7.32. The van der Waals surface area contributed by atoms with Crippen molar-refractivity contribution >= 4 is 46.6 Å². The molecule has 2 N–H and O–H groups in total. The van der Waals surface area contributed by atoms with E-state index in [2.05, 4.69) is 25.3 Å². The Morgan fingerprint density at radius 3 is 2.77 bits per heavy atom. The number of thiazole rings is 1. The van der Waals surface area contributed by atoms with Crippen molar-refractivity contribution in [1.82, 2.24) is 15.3 Å². The zero-order valence-electron chi connectivity index (χ0n) is 20.4. The summed E-state index contributed by atoms with van der Waals surface area (Å²) in [6.45, 7) is -0.601. The Balaban J connectivity index is 1.37. The molecule has 2 unspecified atom stereocenters. The minimum atomic E-state index is -3.05. The molecule has 3 aromatic rings. The van der Waals surface area contributed by atoms with Crippen molar-refractivity contribution in [3.63, 3.8) is 0 Å². The van der Waals surface area contributed by atoms with E-state index in [0.717, 1.165) is 12.3 Å². The van der Waals surface area contributed by atoms with Gasteiger partial charge >= 0.3 is 6.61 Å². The van der Waals surface area contributed by atoms with Crippen LogP contribution in [0.5, 0.6) is 5.75 Å². The highest BCUT2D eigenvalue weighted by Crippen LogP contribution is 2.45. The van der Waals surface area contributed by atoms with Crippen molar-refractivity contribution in [1.29, 1.82) is 0 Å². The number of amidine groups is 1. The third-order valence-corrected chi connectivity index (χ3v) is 7.53. The van der Waals surface area contributed by atoms with Crippen LogP contribution in [0.15, 0.2) is 53.0 Å². The molecule has 2 amide bonds. The van der Waals surface area contributed by atoms with Gasteiger partial charge in [-0.3, -0.25) is 14.9 Å². The summed E-state index contributed by atoms with van der Waals surface area (Å²) in [7, 11) is 0. The zero-order valence-corrected chi connectivity index (χ0v) is 22.0. The quantitative estimate of drug-likeness (QED) is 0.442. The number of hydrogen-bond acceptors (Lipinski definition) is 9. The molecule has 14 heteroatoms. The Kier molecular flexibility index (Phi) is 7.73. The SMILES string of the molecule is C[C@H]1CC2COC(NC(=O)c3ccccc3)=NC2(c2nc(NC(=O)c3ncc(OC(F)F)cc3Cl)cs2)CO1. The number of anilines is 1. The van der Waals surface area contributed by atoms with Crippen LogP contribution < -0.4 is 15.4 Å². The molecule has 39 heavy (non-hydrogen) atoms. The maximum absolute atomic E-state index is 12.8. The highest BCUT2D eigenvalue weighted by atomic mass is 35.5. The molecule has 4 heterocycles. The molecule has 2 aromatic heterocycles. The van der Waals surface area contributed by atoms with Gasteiger partial charge in [0.25, 0.3) is 17.8 Å². The smallest absolute Gasteiger partial charge is 0.387 e. The van der Waals surface area contributed by atoms with Crippen molar-refractivity contribution in [2.75, 3.05) is 18.5 Å². The predicted molar refractivity (Wildman–Crippen MR) is 138 cm³/mol. The average molecular weight is 578 g/mol. The van der Waals surface area contributed by atoms with E-state index in [4.69, 9.17) is 26.1 Å². The van der Waals surface area contributed by atoms with Gasteiger partial charge in [-0.2, -0.15) is 8.78 Å². The molecule has 1 fully saturated rings. The molecule has 0 bridgehead atoms. The number of fused-ring (bicyclic) bond motifs is 1. The van der Waals surface area contributed by atoms with Crippen molar-refractivity contribution in [3.8, 4) is 5.75 Å². The van der Waals surface area contributed by atoms with Crippen LogP contribution in [0.4, 0.5) is 14.6 Å². The van der Waals surface area contributed by atoms with E-state index >= 15 is 0 Å². The number of ether oxygens (including phenoxy) is 3. The van der Waals surface area contributed by atoms with Gasteiger partial charge in [0.1, 0.15) is 27.8 Å². The summed E-state index contributed by atoms with van der Waals surface area (Å²) in [6.07, 6.45) is 1.61. The van der Waals surface area contributed by atoms with Gasteiger partial charge in [0.05, 0.1) is 30.5 Å². The number of aromatic nitrogens is 2. The van der Waals surface area contributed by atoms with Crippen LogP contribution in [0.3, 0.4) is 0 Å². The molecular formula is C25H22ClF2N5O5S. The summed E-state index contributed by atoms with van der Waals surface area (Å²) in [6, 6.07) is 9.82. The fraction of sp³-hybridized carbons (Fsp3) is 0.320. The first-order valence-corrected chi connectivity index (χ1v) is 13.1. The second-order valence-corrected chi connectivity index (χ2v) is 10.2. The number of benzene rings is 1. The molecule has 3 atom stereocenters. The first-order chi connectivity index (χ1) is 18.7. The Morgan fingerprint density at radius 2 is 2.03 bits per heavy atom. The number of alkyl halides is 2. The van der Waals surface area contributed by atoms with E-state index in [-0.39, 0.29) is 59.4 Å². The van der Waals surface area contributed by atoms with Gasteiger partial charge in [-0.25, -0.2) is 15.0 Å². The Labute approximate surface area is 230 Å². The molecule has 0 saturated carbocycles. The Bertz CT molecular complexity index is 1410. The van der Waals surface area contributed by atoms with E-state index in [1.165, 1.54) is 11.3 Å². The minimum absolute atomic E-state index is 0.0215. The monoisotopic (exact) mass is 577 g/mol. The van der Waals surface area contributed by atoms with E-state index in [1.54, 1.807) is 29.6 Å². The zero-order chi connectivity index (χ0) is 27.6. The third-order valence-electron chi connectivity index (χ3n) is 6.23. The lowest BCUT2D eigenvalue weighted by Crippen LogP contribution is -2.52. The topological polar surface area (TPSA) is 124 Å². The molecule has 2 aliphatic heterocycles. The number of carbonyl (C=O) groups is 2. The van der Waals surface area contributed by atoms with Crippen LogP contribution in [0.2, 0.25) is 5.02 Å². The van der Waals surface area contributed by atoms with Crippen molar-refractivity contribution in [2.45, 2.75) is 31.6 Å². The van der Waals surface area contributed by atoms with Crippen molar-refractivity contribution in [3.05, 3.63) is 69.3 Å². The number of carbonyl (C=O) groups excluding carboxylic acids is 2. The van der Waals surface area contributed by atoms with E-state index in [9.17, 15) is 18.4 Å². The second-order valence-electron chi connectivity index (χ2n) is 8.90. The van der Waals surface area contributed by atoms with Gasteiger partial charge in [0.15, 0.2) is 0 Å². The molecule has 0 spiro atoms. The number of hydrogen-bond donors (Lipinski definition) is 2. The highest BCUT2D eigenvalue weighted by Gasteiger charge is 2.50. The minimum Gasteiger partial charge on any atom is -0.465 e. The summed E-state index contributed by atoms with van der Waals surface area (Å²) in [5, 5.41) is 7.36. The van der Waals surface area contributed by atoms with Crippen LogP contribution in [-0.4, -0.2) is 53.7 Å². The lowest BCUT2D eigenvalue weighted by Gasteiger charge is -2.44. The number of pyridine rings is 1. The molecule has 5 rings (SSSR count). The second kappa shape index (κ2) is 11.2. The number of aliphatic imine (C=N–C) groups is 1. The lowest BCUT2D eigenvalue weighted by molar-refractivity contribution is -0.0739. The normalized spacial score (nSPS) is 22.3. The van der Waals surface area contributed by atoms with Gasteiger partial charge in [-0.1, -0.05) is 29.8 Å². The average Bonchev–Trinajstić information content (AvgIpc) is 3.38. The summed E-state index contributed by atoms with van der Waals surface area (Å²) in [5.41, 5.74) is -0.676. The maximum Gasteiger partial charge on any atom is 0.387 e. The Hall–Kier alpha value is -3.68. The molecule has 1 aromatic carbocycles. The standard InChI is InChI=1S/C25H22ClF2N5O5S/c1-13-7-15-10-36-24(32-20(34)14-5-3-2-4-6-14)33-25(15,12-37-13)22-31-18(11-39-22)30-21(35)19-17(26)8-16(9-29-19)38-23(27)28/h2-6,8-9,11,13,15,23H,7,10,12H2,1H3,(H,30,35)(H,32,33,34)/t13-,15?,25?/m0/s1. The first-order valence-electron chi connectivity index (χ1n) is 11.8. The molecular weight excluding hydrogens is 556 g/mol. The lowest BCUT2D eigenvalue weighted by atomic mass is 9.79. The van der Waals surface area contributed by atoms with Crippen LogP contribution in [0, 0.1) is 5.92 Å². The number of rotatable bonds is 6. The van der Waals surface area contributed by atoms with Crippen molar-refractivity contribution in [2.24, 2.45) is 10.9 Å². The van der Waals surface area contributed by atoms with E-state index in [0.29, 0.717) is 17.0 Å².